The van der Waals surface area contributed by atoms with Gasteiger partial charge in [0.2, 0.25) is 0 Å². The molecule has 0 aliphatic rings. The van der Waals surface area contributed by atoms with Crippen molar-refractivity contribution in [1.29, 1.82) is 0 Å². The zero-order valence-corrected chi connectivity index (χ0v) is 11.6. The van der Waals surface area contributed by atoms with Crippen LogP contribution in [0.5, 0.6) is 0 Å². The van der Waals surface area contributed by atoms with Gasteiger partial charge in [-0.1, -0.05) is 53.7 Å². The monoisotopic (exact) mass is 279 g/mol. The molecule has 1 aromatic heterocycles. The molecule has 0 aliphatic carbocycles. The molecule has 0 radical (unpaired) electrons. The number of nitrogens with one attached hydrogen (secondary N) is 1. The standard InChI is InChI=1S/C16H17N5/c17-19-15(11-13-7-3-1-4-8-13)16-12-18-20-21(16)14-9-5-2-6-10-14/h1-10,12,15,19H,11,17H2. The Balaban J connectivity index is 1.90. The molecule has 2 aromatic carbocycles. The summed E-state index contributed by atoms with van der Waals surface area (Å²) < 4.78 is 1.81. The van der Waals surface area contributed by atoms with Gasteiger partial charge in [0.25, 0.3) is 0 Å². The Morgan fingerprint density at radius 3 is 2.33 bits per heavy atom. The van der Waals surface area contributed by atoms with Crippen LogP contribution in [0.2, 0.25) is 0 Å². The maximum Gasteiger partial charge on any atom is 0.0832 e. The van der Waals surface area contributed by atoms with Gasteiger partial charge in [0.15, 0.2) is 0 Å². The van der Waals surface area contributed by atoms with Crippen LogP contribution in [0, 0.1) is 0 Å². The van der Waals surface area contributed by atoms with Crippen LogP contribution in [0.4, 0.5) is 0 Å². The van der Waals surface area contributed by atoms with Gasteiger partial charge in [-0.05, 0) is 24.1 Å². The quantitative estimate of drug-likeness (QED) is 0.554. The zero-order chi connectivity index (χ0) is 14.5. The summed E-state index contributed by atoms with van der Waals surface area (Å²) in [5, 5.41) is 8.19. The third-order valence-electron chi connectivity index (χ3n) is 3.42. The van der Waals surface area contributed by atoms with Crippen molar-refractivity contribution in [3.05, 3.63) is 78.1 Å². The Morgan fingerprint density at radius 1 is 1.00 bits per heavy atom. The maximum atomic E-state index is 5.74. The molecule has 0 bridgehead atoms. The fourth-order valence-corrected chi connectivity index (χ4v) is 2.35. The largest absolute Gasteiger partial charge is 0.271 e. The normalized spacial score (nSPS) is 12.2. The third-order valence-corrected chi connectivity index (χ3v) is 3.42. The molecule has 3 rings (SSSR count). The highest BCUT2D eigenvalue weighted by Gasteiger charge is 2.17. The van der Waals surface area contributed by atoms with E-state index in [9.17, 15) is 0 Å². The van der Waals surface area contributed by atoms with Gasteiger partial charge in [-0.3, -0.25) is 11.3 Å². The summed E-state index contributed by atoms with van der Waals surface area (Å²) in [6, 6.07) is 20.1. The average Bonchev–Trinajstić information content (AvgIpc) is 3.04. The Morgan fingerprint density at radius 2 is 1.67 bits per heavy atom. The topological polar surface area (TPSA) is 68.8 Å². The van der Waals surface area contributed by atoms with E-state index in [0.29, 0.717) is 0 Å². The Hall–Kier alpha value is -2.50. The lowest BCUT2D eigenvalue weighted by Crippen LogP contribution is -2.31. The molecule has 106 valence electrons. The molecule has 0 saturated carbocycles. The van der Waals surface area contributed by atoms with E-state index in [1.165, 1.54) is 5.56 Å². The summed E-state index contributed by atoms with van der Waals surface area (Å²) in [6.45, 7) is 0. The number of para-hydroxylation sites is 1. The molecular weight excluding hydrogens is 262 g/mol. The lowest BCUT2D eigenvalue weighted by atomic mass is 10.0. The molecule has 1 unspecified atom stereocenters. The molecule has 1 heterocycles. The number of hydrogen-bond donors (Lipinski definition) is 2. The first-order chi connectivity index (χ1) is 10.4. The van der Waals surface area contributed by atoms with Crippen LogP contribution in [0.1, 0.15) is 17.3 Å². The van der Waals surface area contributed by atoms with Crippen molar-refractivity contribution in [2.75, 3.05) is 0 Å². The third kappa shape index (κ3) is 2.99. The lowest BCUT2D eigenvalue weighted by molar-refractivity contribution is 0.522. The SMILES string of the molecule is NNC(Cc1ccccc1)c1cnnn1-c1ccccc1. The number of aromatic nitrogens is 3. The molecular formula is C16H17N5. The minimum atomic E-state index is -0.0531. The van der Waals surface area contributed by atoms with Crippen molar-refractivity contribution < 1.29 is 0 Å². The number of hydrazine groups is 1. The second-order valence-corrected chi connectivity index (χ2v) is 4.82. The summed E-state index contributed by atoms with van der Waals surface area (Å²) in [4.78, 5) is 0. The number of hydrogen-bond acceptors (Lipinski definition) is 4. The van der Waals surface area contributed by atoms with Crippen LogP contribution in [-0.4, -0.2) is 15.0 Å². The first kappa shape index (κ1) is 13.5. The van der Waals surface area contributed by atoms with Crippen LogP contribution in [0.15, 0.2) is 66.9 Å². The molecule has 3 N–H and O–H groups in total. The van der Waals surface area contributed by atoms with Crippen molar-refractivity contribution in [3.8, 4) is 5.69 Å². The predicted octanol–water partition coefficient (Wildman–Crippen LogP) is 2.01. The highest BCUT2D eigenvalue weighted by molar-refractivity contribution is 5.32. The maximum absolute atomic E-state index is 5.74. The predicted molar refractivity (Wildman–Crippen MR) is 81.6 cm³/mol. The minimum Gasteiger partial charge on any atom is -0.271 e. The fourth-order valence-electron chi connectivity index (χ4n) is 2.35. The Labute approximate surface area is 123 Å². The number of benzene rings is 2. The van der Waals surface area contributed by atoms with Gasteiger partial charge in [0.1, 0.15) is 0 Å². The highest BCUT2D eigenvalue weighted by Crippen LogP contribution is 2.19. The fraction of sp³-hybridized carbons (Fsp3) is 0.125. The van der Waals surface area contributed by atoms with E-state index >= 15 is 0 Å². The first-order valence-corrected chi connectivity index (χ1v) is 6.84. The lowest BCUT2D eigenvalue weighted by Gasteiger charge is -2.17. The second-order valence-electron chi connectivity index (χ2n) is 4.82. The Bertz CT molecular complexity index is 678. The summed E-state index contributed by atoms with van der Waals surface area (Å²) in [6.07, 6.45) is 2.53. The number of rotatable bonds is 5. The van der Waals surface area contributed by atoms with E-state index < -0.39 is 0 Å². The molecule has 5 heteroatoms. The van der Waals surface area contributed by atoms with Crippen LogP contribution in [0.25, 0.3) is 5.69 Å². The van der Waals surface area contributed by atoms with Gasteiger partial charge >= 0.3 is 0 Å². The van der Waals surface area contributed by atoms with E-state index in [2.05, 4.69) is 27.9 Å². The molecule has 3 aromatic rings. The summed E-state index contributed by atoms with van der Waals surface area (Å²) >= 11 is 0. The van der Waals surface area contributed by atoms with E-state index in [1.807, 2.05) is 53.2 Å². The zero-order valence-electron chi connectivity index (χ0n) is 11.6. The molecule has 0 saturated heterocycles. The van der Waals surface area contributed by atoms with Crippen molar-refractivity contribution in [1.82, 2.24) is 20.4 Å². The van der Waals surface area contributed by atoms with Crippen LogP contribution in [-0.2, 0) is 6.42 Å². The van der Waals surface area contributed by atoms with E-state index in [0.717, 1.165) is 17.8 Å². The molecule has 0 spiro atoms. The smallest absolute Gasteiger partial charge is 0.0832 e. The molecule has 0 amide bonds. The van der Waals surface area contributed by atoms with Gasteiger partial charge < -0.3 is 0 Å². The second kappa shape index (κ2) is 6.30. The van der Waals surface area contributed by atoms with E-state index in [1.54, 1.807) is 6.20 Å². The van der Waals surface area contributed by atoms with Gasteiger partial charge in [-0.2, -0.15) is 0 Å². The van der Waals surface area contributed by atoms with Crippen LogP contribution < -0.4 is 11.3 Å². The van der Waals surface area contributed by atoms with Crippen molar-refractivity contribution in [3.63, 3.8) is 0 Å². The van der Waals surface area contributed by atoms with Gasteiger partial charge in [0, 0.05) is 0 Å². The summed E-state index contributed by atoms with van der Waals surface area (Å²) in [5.74, 6) is 5.74. The van der Waals surface area contributed by atoms with E-state index in [-0.39, 0.29) is 6.04 Å². The number of nitrogens with two attached hydrogens (primary N) is 1. The van der Waals surface area contributed by atoms with Gasteiger partial charge in [-0.15, -0.1) is 5.10 Å². The molecule has 5 nitrogen and oxygen atoms in total. The van der Waals surface area contributed by atoms with Crippen molar-refractivity contribution in [2.24, 2.45) is 5.84 Å². The summed E-state index contributed by atoms with van der Waals surface area (Å²) in [5.41, 5.74) is 5.98. The molecule has 0 aliphatic heterocycles. The van der Waals surface area contributed by atoms with Crippen molar-refractivity contribution in [2.45, 2.75) is 12.5 Å². The molecule has 21 heavy (non-hydrogen) atoms. The van der Waals surface area contributed by atoms with Crippen LogP contribution in [0.3, 0.4) is 0 Å². The summed E-state index contributed by atoms with van der Waals surface area (Å²) in [7, 11) is 0. The number of nitrogens with zero attached hydrogens (tertiary/aromatic N) is 3. The molecule has 1 atom stereocenters. The minimum absolute atomic E-state index is 0.0531. The average molecular weight is 279 g/mol. The Kier molecular flexibility index (Phi) is 4.04. The first-order valence-electron chi connectivity index (χ1n) is 6.84. The molecule has 0 fully saturated rings. The van der Waals surface area contributed by atoms with Crippen LogP contribution >= 0.6 is 0 Å². The van der Waals surface area contributed by atoms with Crippen molar-refractivity contribution >= 4 is 0 Å². The van der Waals surface area contributed by atoms with Gasteiger partial charge in [0.05, 0.1) is 23.6 Å². The van der Waals surface area contributed by atoms with E-state index in [4.69, 9.17) is 5.84 Å². The highest BCUT2D eigenvalue weighted by atomic mass is 15.4. The van der Waals surface area contributed by atoms with Gasteiger partial charge in [-0.25, -0.2) is 4.68 Å².